The summed E-state index contributed by atoms with van der Waals surface area (Å²) in [5.74, 6) is 2.43. The summed E-state index contributed by atoms with van der Waals surface area (Å²) in [7, 11) is 4.57. The maximum absolute atomic E-state index is 12.3. The van der Waals surface area contributed by atoms with Crippen LogP contribution in [0, 0.1) is 0 Å². The molecule has 1 amide bonds. The minimum Gasteiger partial charge on any atom is -0.493 e. The second-order valence-electron chi connectivity index (χ2n) is 5.95. The summed E-state index contributed by atoms with van der Waals surface area (Å²) in [6, 6.07) is 13.1. The summed E-state index contributed by atoms with van der Waals surface area (Å²) in [6.07, 6.45) is 2.29. The maximum atomic E-state index is 12.3. The molecule has 28 heavy (non-hydrogen) atoms. The van der Waals surface area contributed by atoms with E-state index in [1.54, 1.807) is 18.3 Å². The van der Waals surface area contributed by atoms with Gasteiger partial charge in [0, 0.05) is 36.2 Å². The number of aromatic nitrogens is 1. The summed E-state index contributed by atoms with van der Waals surface area (Å²) in [5.41, 5.74) is 1.50. The van der Waals surface area contributed by atoms with Crippen molar-refractivity contribution >= 4 is 11.6 Å². The molecule has 0 spiro atoms. The third-order valence-corrected chi connectivity index (χ3v) is 4.13. The van der Waals surface area contributed by atoms with E-state index < -0.39 is 0 Å². The first-order valence-electron chi connectivity index (χ1n) is 8.74. The number of amides is 1. The lowest BCUT2D eigenvalue weighted by molar-refractivity contribution is -0.116. The zero-order chi connectivity index (χ0) is 19.9. The molecule has 0 aliphatic rings. The molecule has 1 aromatic heterocycles. The highest BCUT2D eigenvalue weighted by atomic mass is 16.5. The average molecular weight is 382 g/mol. The zero-order valence-electron chi connectivity index (χ0n) is 16.0. The van der Waals surface area contributed by atoms with Crippen LogP contribution in [-0.4, -0.2) is 32.2 Å². The van der Waals surface area contributed by atoms with Gasteiger partial charge in [-0.1, -0.05) is 30.3 Å². The maximum Gasteiger partial charge on any atom is 0.224 e. The Morgan fingerprint density at radius 2 is 1.71 bits per heavy atom. The first-order valence-corrected chi connectivity index (χ1v) is 8.74. The van der Waals surface area contributed by atoms with Crippen LogP contribution in [0.3, 0.4) is 0 Å². The summed E-state index contributed by atoms with van der Waals surface area (Å²) in [6.45, 7) is 0. The first kappa shape index (κ1) is 19.3. The summed E-state index contributed by atoms with van der Waals surface area (Å²) in [5, 5.41) is 2.83. The average Bonchev–Trinajstić information content (AvgIpc) is 3.21. The van der Waals surface area contributed by atoms with Crippen LogP contribution in [0.1, 0.15) is 12.3 Å². The van der Waals surface area contributed by atoms with Gasteiger partial charge in [-0.15, -0.1) is 0 Å². The fourth-order valence-electron chi connectivity index (χ4n) is 2.76. The Balaban J connectivity index is 1.63. The van der Waals surface area contributed by atoms with E-state index in [9.17, 15) is 4.79 Å². The van der Waals surface area contributed by atoms with E-state index in [1.165, 1.54) is 21.3 Å². The van der Waals surface area contributed by atoms with Crippen LogP contribution in [0.4, 0.5) is 5.69 Å². The highest BCUT2D eigenvalue weighted by molar-refractivity contribution is 5.91. The lowest BCUT2D eigenvalue weighted by atomic mass is 10.2. The predicted molar refractivity (Wildman–Crippen MR) is 105 cm³/mol. The Labute approximate surface area is 163 Å². The minimum atomic E-state index is -0.172. The Hall–Kier alpha value is -3.48. The number of aryl methyl sites for hydroxylation is 1. The Morgan fingerprint density at radius 1 is 1.04 bits per heavy atom. The van der Waals surface area contributed by atoms with E-state index >= 15 is 0 Å². The third kappa shape index (κ3) is 4.43. The van der Waals surface area contributed by atoms with Gasteiger partial charge in [0.1, 0.15) is 0 Å². The van der Waals surface area contributed by atoms with Crippen LogP contribution in [0.5, 0.6) is 17.2 Å². The smallest absolute Gasteiger partial charge is 0.224 e. The van der Waals surface area contributed by atoms with Gasteiger partial charge in [-0.2, -0.15) is 0 Å². The molecule has 0 radical (unpaired) electrons. The molecular weight excluding hydrogens is 360 g/mol. The third-order valence-electron chi connectivity index (χ3n) is 4.13. The highest BCUT2D eigenvalue weighted by Gasteiger charge is 2.15. The van der Waals surface area contributed by atoms with Crippen molar-refractivity contribution in [3.05, 3.63) is 54.6 Å². The standard InChI is InChI=1S/C21H22N2O5/c1-25-16-11-15(12-17(26-2)21(16)27-3)23-19(24)9-10-20-22-13-18(28-20)14-7-5-4-6-8-14/h4-8,11-13H,9-10H2,1-3H3,(H,23,24). The Kier molecular flexibility index (Phi) is 6.16. The van der Waals surface area contributed by atoms with Crippen molar-refractivity contribution in [2.45, 2.75) is 12.8 Å². The van der Waals surface area contributed by atoms with Gasteiger partial charge < -0.3 is 23.9 Å². The van der Waals surface area contributed by atoms with Crippen molar-refractivity contribution in [2.75, 3.05) is 26.6 Å². The van der Waals surface area contributed by atoms with Crippen molar-refractivity contribution in [1.29, 1.82) is 0 Å². The van der Waals surface area contributed by atoms with Crippen LogP contribution in [-0.2, 0) is 11.2 Å². The number of hydrogen-bond donors (Lipinski definition) is 1. The molecule has 7 heteroatoms. The SMILES string of the molecule is COc1cc(NC(=O)CCc2ncc(-c3ccccc3)o2)cc(OC)c1OC. The van der Waals surface area contributed by atoms with E-state index in [2.05, 4.69) is 10.3 Å². The van der Waals surface area contributed by atoms with Gasteiger partial charge >= 0.3 is 0 Å². The van der Waals surface area contributed by atoms with E-state index in [0.29, 0.717) is 41.0 Å². The van der Waals surface area contributed by atoms with E-state index in [0.717, 1.165) is 5.56 Å². The number of carbonyl (C=O) groups is 1. The number of rotatable bonds is 8. The molecule has 3 rings (SSSR count). The van der Waals surface area contributed by atoms with Crippen molar-refractivity contribution in [3.63, 3.8) is 0 Å². The monoisotopic (exact) mass is 382 g/mol. The Bertz CT molecular complexity index is 912. The number of ether oxygens (including phenoxy) is 3. The molecule has 0 saturated carbocycles. The van der Waals surface area contributed by atoms with Crippen molar-refractivity contribution in [3.8, 4) is 28.6 Å². The normalized spacial score (nSPS) is 10.4. The molecular formula is C21H22N2O5. The van der Waals surface area contributed by atoms with E-state index in [4.69, 9.17) is 18.6 Å². The number of nitrogens with one attached hydrogen (secondary N) is 1. The molecule has 0 aliphatic heterocycles. The summed E-state index contributed by atoms with van der Waals surface area (Å²) in [4.78, 5) is 16.6. The summed E-state index contributed by atoms with van der Waals surface area (Å²) >= 11 is 0. The Morgan fingerprint density at radius 3 is 2.32 bits per heavy atom. The lowest BCUT2D eigenvalue weighted by Gasteiger charge is -2.14. The van der Waals surface area contributed by atoms with E-state index in [-0.39, 0.29) is 12.3 Å². The molecule has 1 N–H and O–H groups in total. The molecule has 0 fully saturated rings. The minimum absolute atomic E-state index is 0.172. The number of hydrogen-bond acceptors (Lipinski definition) is 6. The van der Waals surface area contributed by atoms with Crippen LogP contribution >= 0.6 is 0 Å². The second kappa shape index (κ2) is 8.94. The topological polar surface area (TPSA) is 82.8 Å². The molecule has 7 nitrogen and oxygen atoms in total. The van der Waals surface area contributed by atoms with Gasteiger partial charge in [-0.05, 0) is 0 Å². The van der Waals surface area contributed by atoms with Gasteiger partial charge in [0.15, 0.2) is 23.1 Å². The van der Waals surface area contributed by atoms with Gasteiger partial charge in [-0.3, -0.25) is 4.79 Å². The van der Waals surface area contributed by atoms with Crippen molar-refractivity contribution < 1.29 is 23.4 Å². The molecule has 0 bridgehead atoms. The van der Waals surface area contributed by atoms with Gasteiger partial charge in [0.05, 0.1) is 27.5 Å². The molecule has 0 atom stereocenters. The second-order valence-corrected chi connectivity index (χ2v) is 5.95. The molecule has 0 aliphatic carbocycles. The number of methoxy groups -OCH3 is 3. The fraction of sp³-hybridized carbons (Fsp3) is 0.238. The van der Waals surface area contributed by atoms with Crippen LogP contribution in [0.25, 0.3) is 11.3 Å². The molecule has 0 saturated heterocycles. The van der Waals surface area contributed by atoms with Crippen LogP contribution < -0.4 is 19.5 Å². The number of nitrogens with zero attached hydrogens (tertiary/aromatic N) is 1. The van der Waals surface area contributed by atoms with Gasteiger partial charge in [-0.25, -0.2) is 4.98 Å². The molecule has 1 heterocycles. The number of oxazole rings is 1. The number of anilines is 1. The van der Waals surface area contributed by atoms with Crippen molar-refractivity contribution in [1.82, 2.24) is 4.98 Å². The first-order chi connectivity index (χ1) is 13.6. The van der Waals surface area contributed by atoms with Gasteiger partial charge in [0.2, 0.25) is 11.7 Å². The van der Waals surface area contributed by atoms with E-state index in [1.807, 2.05) is 30.3 Å². The molecule has 146 valence electrons. The molecule has 0 unspecified atom stereocenters. The summed E-state index contributed by atoms with van der Waals surface area (Å²) < 4.78 is 21.6. The highest BCUT2D eigenvalue weighted by Crippen LogP contribution is 2.39. The quantitative estimate of drug-likeness (QED) is 0.635. The number of carbonyl (C=O) groups excluding carboxylic acids is 1. The van der Waals surface area contributed by atoms with Gasteiger partial charge in [0.25, 0.3) is 0 Å². The van der Waals surface area contributed by atoms with Crippen LogP contribution in [0.2, 0.25) is 0 Å². The van der Waals surface area contributed by atoms with Crippen molar-refractivity contribution in [2.24, 2.45) is 0 Å². The zero-order valence-corrected chi connectivity index (χ0v) is 16.0. The number of benzene rings is 2. The lowest BCUT2D eigenvalue weighted by Crippen LogP contribution is -2.12. The predicted octanol–water partition coefficient (Wildman–Crippen LogP) is 3.94. The molecule has 2 aromatic carbocycles. The molecule has 3 aromatic rings. The largest absolute Gasteiger partial charge is 0.493 e. The fourth-order valence-corrected chi connectivity index (χ4v) is 2.76. The van der Waals surface area contributed by atoms with Crippen LogP contribution in [0.15, 0.2) is 53.1 Å².